The fourth-order valence-corrected chi connectivity index (χ4v) is 3.00. The number of aryl methyl sites for hydroxylation is 1. The molecular formula is C21H28N2O3. The Morgan fingerprint density at radius 2 is 1.77 bits per heavy atom. The Hall–Kier alpha value is -2.56. The predicted octanol–water partition coefficient (Wildman–Crippen LogP) is 3.99. The van der Waals surface area contributed by atoms with E-state index in [2.05, 4.69) is 4.98 Å². The van der Waals surface area contributed by atoms with Crippen LogP contribution in [0.1, 0.15) is 53.6 Å². The molecule has 1 aromatic carbocycles. The number of aromatic amines is 1. The SMILES string of the molecule is CCOC(=O)c1[nH]c(C)c(CN(Cc2ccccc2)C(=O)C(C)C)c1C. The second-order valence-electron chi connectivity index (χ2n) is 6.78. The van der Waals surface area contributed by atoms with Gasteiger partial charge in [0.05, 0.1) is 6.61 Å². The number of nitrogens with zero attached hydrogens (tertiary/aromatic N) is 1. The molecule has 5 nitrogen and oxygen atoms in total. The molecule has 2 aromatic rings. The second kappa shape index (κ2) is 8.70. The fourth-order valence-electron chi connectivity index (χ4n) is 3.00. The van der Waals surface area contributed by atoms with Crippen molar-refractivity contribution < 1.29 is 14.3 Å². The highest BCUT2D eigenvalue weighted by molar-refractivity contribution is 5.90. The zero-order valence-corrected chi connectivity index (χ0v) is 16.3. The van der Waals surface area contributed by atoms with Crippen molar-refractivity contribution in [1.29, 1.82) is 0 Å². The fraction of sp³-hybridized carbons (Fsp3) is 0.429. The number of hydrogen-bond donors (Lipinski definition) is 1. The van der Waals surface area contributed by atoms with Gasteiger partial charge in [0.2, 0.25) is 5.91 Å². The average Bonchev–Trinajstić information content (AvgIpc) is 2.89. The van der Waals surface area contributed by atoms with Gasteiger partial charge in [0.25, 0.3) is 0 Å². The molecule has 1 N–H and O–H groups in total. The van der Waals surface area contributed by atoms with E-state index in [0.29, 0.717) is 25.4 Å². The van der Waals surface area contributed by atoms with Crippen LogP contribution in [0, 0.1) is 19.8 Å². The summed E-state index contributed by atoms with van der Waals surface area (Å²) in [6.45, 7) is 10.7. The summed E-state index contributed by atoms with van der Waals surface area (Å²) < 4.78 is 5.11. The highest BCUT2D eigenvalue weighted by atomic mass is 16.5. The van der Waals surface area contributed by atoms with Gasteiger partial charge in [-0.3, -0.25) is 4.79 Å². The molecule has 0 bridgehead atoms. The standard InChI is InChI=1S/C21H28N2O3/c1-6-26-21(25)19-15(4)18(16(5)22-19)13-23(20(24)14(2)3)12-17-10-8-7-9-11-17/h7-11,14,22H,6,12-13H2,1-5H3. The molecule has 1 aromatic heterocycles. The van der Waals surface area contributed by atoms with Crippen molar-refractivity contribution in [1.82, 2.24) is 9.88 Å². The van der Waals surface area contributed by atoms with E-state index in [4.69, 9.17) is 4.74 Å². The van der Waals surface area contributed by atoms with Gasteiger partial charge in [-0.05, 0) is 37.5 Å². The van der Waals surface area contributed by atoms with E-state index in [0.717, 1.165) is 22.4 Å². The summed E-state index contributed by atoms with van der Waals surface area (Å²) in [5.41, 5.74) is 4.25. The van der Waals surface area contributed by atoms with E-state index in [1.165, 1.54) is 0 Å². The number of carbonyl (C=O) groups excluding carboxylic acids is 2. The first-order valence-electron chi connectivity index (χ1n) is 9.03. The number of rotatable bonds is 7. The molecule has 0 aliphatic heterocycles. The van der Waals surface area contributed by atoms with Crippen LogP contribution in [0.25, 0.3) is 0 Å². The van der Waals surface area contributed by atoms with Crippen molar-refractivity contribution in [3.8, 4) is 0 Å². The van der Waals surface area contributed by atoms with E-state index in [9.17, 15) is 9.59 Å². The molecule has 0 radical (unpaired) electrons. The van der Waals surface area contributed by atoms with Crippen molar-refractivity contribution in [3.05, 3.63) is 58.4 Å². The van der Waals surface area contributed by atoms with Crippen LogP contribution in [0.3, 0.4) is 0 Å². The van der Waals surface area contributed by atoms with Gasteiger partial charge in [0.1, 0.15) is 5.69 Å². The summed E-state index contributed by atoms with van der Waals surface area (Å²) in [6.07, 6.45) is 0. The van der Waals surface area contributed by atoms with Crippen LogP contribution in [0.2, 0.25) is 0 Å². The minimum Gasteiger partial charge on any atom is -0.461 e. The number of nitrogens with one attached hydrogen (secondary N) is 1. The lowest BCUT2D eigenvalue weighted by molar-refractivity contribution is -0.135. The number of H-pyrrole nitrogens is 1. The molecule has 0 saturated carbocycles. The summed E-state index contributed by atoms with van der Waals surface area (Å²) in [6, 6.07) is 9.94. The van der Waals surface area contributed by atoms with Crippen molar-refractivity contribution in [2.45, 2.75) is 47.7 Å². The van der Waals surface area contributed by atoms with Crippen molar-refractivity contribution in [3.63, 3.8) is 0 Å². The van der Waals surface area contributed by atoms with E-state index in [-0.39, 0.29) is 17.8 Å². The summed E-state index contributed by atoms with van der Waals surface area (Å²) in [5.74, 6) is -0.363. The highest BCUT2D eigenvalue weighted by Crippen LogP contribution is 2.22. The summed E-state index contributed by atoms with van der Waals surface area (Å²) >= 11 is 0. The number of amides is 1. The molecule has 26 heavy (non-hydrogen) atoms. The molecule has 0 unspecified atom stereocenters. The maximum absolute atomic E-state index is 12.7. The molecule has 0 saturated heterocycles. The van der Waals surface area contributed by atoms with Gasteiger partial charge in [0.15, 0.2) is 0 Å². The van der Waals surface area contributed by atoms with Crippen LogP contribution in [-0.4, -0.2) is 28.4 Å². The molecule has 0 spiro atoms. The van der Waals surface area contributed by atoms with Crippen molar-refractivity contribution >= 4 is 11.9 Å². The van der Waals surface area contributed by atoms with Crippen LogP contribution in [-0.2, 0) is 22.6 Å². The van der Waals surface area contributed by atoms with Crippen LogP contribution in [0.15, 0.2) is 30.3 Å². The smallest absolute Gasteiger partial charge is 0.355 e. The van der Waals surface area contributed by atoms with Crippen LogP contribution in [0.4, 0.5) is 0 Å². The number of ether oxygens (including phenoxy) is 1. The minimum absolute atomic E-state index is 0.0894. The first-order chi connectivity index (χ1) is 12.3. The normalized spacial score (nSPS) is 10.8. The van der Waals surface area contributed by atoms with Gasteiger partial charge in [-0.1, -0.05) is 44.2 Å². The molecule has 0 atom stereocenters. The van der Waals surface area contributed by atoms with Gasteiger partial charge in [-0.25, -0.2) is 4.79 Å². The largest absolute Gasteiger partial charge is 0.461 e. The van der Waals surface area contributed by atoms with E-state index >= 15 is 0 Å². The average molecular weight is 356 g/mol. The lowest BCUT2D eigenvalue weighted by Gasteiger charge is -2.25. The zero-order valence-electron chi connectivity index (χ0n) is 16.3. The summed E-state index contributed by atoms with van der Waals surface area (Å²) in [5, 5.41) is 0. The van der Waals surface area contributed by atoms with Gasteiger partial charge in [-0.2, -0.15) is 0 Å². The summed E-state index contributed by atoms with van der Waals surface area (Å²) in [4.78, 5) is 29.8. The molecule has 1 heterocycles. The molecule has 140 valence electrons. The molecule has 2 rings (SSSR count). The molecule has 0 fully saturated rings. The van der Waals surface area contributed by atoms with E-state index in [1.807, 2.05) is 62.9 Å². The number of esters is 1. The van der Waals surface area contributed by atoms with Gasteiger partial charge < -0.3 is 14.6 Å². The third-order valence-electron chi connectivity index (χ3n) is 4.44. The van der Waals surface area contributed by atoms with Crippen molar-refractivity contribution in [2.75, 3.05) is 6.61 Å². The number of hydrogen-bond acceptors (Lipinski definition) is 3. The minimum atomic E-state index is -0.357. The maximum Gasteiger partial charge on any atom is 0.355 e. The quantitative estimate of drug-likeness (QED) is 0.763. The lowest BCUT2D eigenvalue weighted by Crippen LogP contribution is -2.33. The van der Waals surface area contributed by atoms with E-state index < -0.39 is 0 Å². The molecule has 1 amide bonds. The predicted molar refractivity (Wildman–Crippen MR) is 102 cm³/mol. The Labute approximate surface area is 155 Å². The number of aromatic nitrogens is 1. The monoisotopic (exact) mass is 356 g/mol. The lowest BCUT2D eigenvalue weighted by atomic mass is 10.1. The first-order valence-corrected chi connectivity index (χ1v) is 9.03. The molecule has 5 heteroatoms. The topological polar surface area (TPSA) is 62.4 Å². The first kappa shape index (κ1) is 19.8. The molecule has 0 aliphatic carbocycles. The maximum atomic E-state index is 12.7. The van der Waals surface area contributed by atoms with Gasteiger partial charge in [-0.15, -0.1) is 0 Å². The number of carbonyl (C=O) groups is 2. The van der Waals surface area contributed by atoms with Gasteiger partial charge in [0, 0.05) is 24.7 Å². The third kappa shape index (κ3) is 4.54. The second-order valence-corrected chi connectivity index (χ2v) is 6.78. The Morgan fingerprint density at radius 3 is 2.35 bits per heavy atom. The molecule has 0 aliphatic rings. The Bertz CT molecular complexity index is 763. The molecular weight excluding hydrogens is 328 g/mol. The summed E-state index contributed by atoms with van der Waals surface area (Å²) in [7, 11) is 0. The van der Waals surface area contributed by atoms with Gasteiger partial charge >= 0.3 is 5.97 Å². The number of benzene rings is 1. The Balaban J connectivity index is 2.30. The Kier molecular flexibility index (Phi) is 6.61. The third-order valence-corrected chi connectivity index (χ3v) is 4.44. The zero-order chi connectivity index (χ0) is 19.3. The van der Waals surface area contributed by atoms with Crippen LogP contribution >= 0.6 is 0 Å². The van der Waals surface area contributed by atoms with Crippen LogP contribution < -0.4 is 0 Å². The van der Waals surface area contributed by atoms with E-state index in [1.54, 1.807) is 6.92 Å². The van der Waals surface area contributed by atoms with Crippen LogP contribution in [0.5, 0.6) is 0 Å². The van der Waals surface area contributed by atoms with Crippen molar-refractivity contribution in [2.24, 2.45) is 5.92 Å². The highest BCUT2D eigenvalue weighted by Gasteiger charge is 2.23. The Morgan fingerprint density at radius 1 is 1.12 bits per heavy atom.